The topological polar surface area (TPSA) is 68.3 Å². The van der Waals surface area contributed by atoms with Crippen molar-refractivity contribution in [2.75, 3.05) is 0 Å². The fraction of sp³-hybridized carbons (Fsp3) is 0.400. The number of hydrogen-bond donors (Lipinski definition) is 0. The van der Waals surface area contributed by atoms with E-state index >= 15 is 0 Å². The molecule has 0 aromatic heterocycles. The van der Waals surface area contributed by atoms with Crippen molar-refractivity contribution in [3.63, 3.8) is 0 Å². The molecule has 0 bridgehead atoms. The summed E-state index contributed by atoms with van der Waals surface area (Å²) in [5.74, 6) is -11.3. The minimum Gasteiger partial charge on any atom is -0.324 e. The Morgan fingerprint density at radius 3 is 0.593 bits per heavy atom. The second-order valence-corrected chi connectivity index (χ2v) is 3.74. The molecular weight excluding hydrogens is 519 g/mol. The van der Waals surface area contributed by atoms with Crippen LogP contribution in [0.15, 0.2) is 0 Å². The zero-order valence-corrected chi connectivity index (χ0v) is 13.2. The average Bonchev–Trinajstić information content (AvgIpc) is 2.34. The van der Waals surface area contributed by atoms with Gasteiger partial charge in [-0.2, -0.15) is 52.7 Å². The van der Waals surface area contributed by atoms with E-state index in [0.717, 1.165) is 0 Å². The van der Waals surface area contributed by atoms with E-state index in [9.17, 15) is 71.9 Å². The summed E-state index contributed by atoms with van der Waals surface area (Å²) in [7, 11) is 0. The standard InChI is InChI=1S/2C5HF6O2.Pd/c2*6-4(7,8)2(12)1-3(13)5(9,10)11;/h2*1H;/q2*-1;+2. The van der Waals surface area contributed by atoms with Gasteiger partial charge in [-0.1, -0.05) is 0 Å². The molecule has 0 fully saturated rings. The molecule has 0 amide bonds. The molecule has 0 aliphatic carbocycles. The second-order valence-electron chi connectivity index (χ2n) is 3.74. The van der Waals surface area contributed by atoms with Gasteiger partial charge in [-0.05, 0) is 0 Å². The van der Waals surface area contributed by atoms with E-state index in [0.29, 0.717) is 0 Å². The van der Waals surface area contributed by atoms with Crippen molar-refractivity contribution in [1.82, 2.24) is 0 Å². The largest absolute Gasteiger partial charge is 2.00 e. The molecule has 0 aromatic rings. The maximum atomic E-state index is 11.3. The number of ketones is 4. The van der Waals surface area contributed by atoms with Crippen LogP contribution in [0.1, 0.15) is 0 Å². The number of halogens is 12. The summed E-state index contributed by atoms with van der Waals surface area (Å²) >= 11 is 0. The summed E-state index contributed by atoms with van der Waals surface area (Å²) in [4.78, 5) is 39.3. The Kier molecular flexibility index (Phi) is 11.1. The van der Waals surface area contributed by atoms with Crippen molar-refractivity contribution < 1.29 is 92.3 Å². The summed E-state index contributed by atoms with van der Waals surface area (Å²) in [5.41, 5.74) is 0. The average molecular weight is 521 g/mol. The van der Waals surface area contributed by atoms with E-state index in [1.807, 2.05) is 0 Å². The number of hydrogen-bond acceptors (Lipinski definition) is 4. The molecule has 0 aliphatic heterocycles. The molecule has 27 heavy (non-hydrogen) atoms. The van der Waals surface area contributed by atoms with Crippen molar-refractivity contribution in [2.24, 2.45) is 0 Å². The van der Waals surface area contributed by atoms with Crippen LogP contribution in [0.3, 0.4) is 0 Å². The molecule has 0 heterocycles. The van der Waals surface area contributed by atoms with Gasteiger partial charge in [-0.15, -0.1) is 0 Å². The van der Waals surface area contributed by atoms with E-state index in [2.05, 4.69) is 0 Å². The van der Waals surface area contributed by atoms with E-state index < -0.39 is 60.7 Å². The molecule has 0 aromatic carbocycles. The Balaban J connectivity index is -0.000000411. The summed E-state index contributed by atoms with van der Waals surface area (Å²) in [6.45, 7) is 0. The first-order valence-corrected chi connectivity index (χ1v) is 5.24. The maximum Gasteiger partial charge on any atom is 2.00 e. The molecule has 0 rings (SSSR count). The molecule has 4 nitrogen and oxygen atoms in total. The zero-order valence-electron chi connectivity index (χ0n) is 11.6. The van der Waals surface area contributed by atoms with Gasteiger partial charge in [0.2, 0.25) is 0 Å². The van der Waals surface area contributed by atoms with Gasteiger partial charge in [-0.25, -0.2) is 12.8 Å². The summed E-state index contributed by atoms with van der Waals surface area (Å²) in [5, 5.41) is 0. The summed E-state index contributed by atoms with van der Waals surface area (Å²) < 4.78 is 136. The normalized spacial score (nSPS) is 12.0. The SMILES string of the molecule is O=C([CH-]C(=O)C(F)(F)F)C(F)(F)F.O=C([CH-]C(=O)C(F)(F)F)C(F)(F)F.[Pd+2]. The van der Waals surface area contributed by atoms with Crippen molar-refractivity contribution in [3.8, 4) is 0 Å². The number of carbonyl (C=O) groups excluding carboxylic acids is 4. The molecule has 0 saturated heterocycles. The number of Topliss-reactive ketones (excluding diaryl/α,β-unsaturated/α-hetero) is 4. The molecule has 17 heteroatoms. The van der Waals surface area contributed by atoms with Crippen molar-refractivity contribution in [2.45, 2.75) is 24.7 Å². The van der Waals surface area contributed by atoms with Crippen molar-refractivity contribution in [3.05, 3.63) is 12.8 Å². The van der Waals surface area contributed by atoms with Gasteiger partial charge >= 0.3 is 45.1 Å². The van der Waals surface area contributed by atoms with Crippen LogP contribution in [0.4, 0.5) is 52.7 Å². The molecule has 0 atom stereocenters. The Morgan fingerprint density at radius 2 is 0.519 bits per heavy atom. The Labute approximate surface area is 153 Å². The Hall–Kier alpha value is -1.76. The van der Waals surface area contributed by atoms with Crippen LogP contribution < -0.4 is 0 Å². The molecule has 0 saturated carbocycles. The first kappa shape index (κ1) is 30.0. The number of carbonyl (C=O) groups is 4. The molecule has 0 aliphatic rings. The van der Waals surface area contributed by atoms with E-state index in [1.54, 1.807) is 0 Å². The van der Waals surface area contributed by atoms with E-state index in [-0.39, 0.29) is 20.4 Å². The van der Waals surface area contributed by atoms with Gasteiger partial charge in [0.15, 0.2) is 0 Å². The third-order valence-electron chi connectivity index (χ3n) is 1.64. The first-order chi connectivity index (χ1) is 11.1. The van der Waals surface area contributed by atoms with Crippen LogP contribution in [0.25, 0.3) is 0 Å². The molecule has 0 unspecified atom stereocenters. The van der Waals surface area contributed by atoms with Gasteiger partial charge in [0.05, 0.1) is 0 Å². The van der Waals surface area contributed by atoms with Gasteiger partial charge in [0.25, 0.3) is 0 Å². The number of alkyl halides is 12. The van der Waals surface area contributed by atoms with Gasteiger partial charge in [-0.3, -0.25) is 0 Å². The van der Waals surface area contributed by atoms with Crippen molar-refractivity contribution in [1.29, 1.82) is 0 Å². The quantitative estimate of drug-likeness (QED) is 0.248. The molecule has 0 spiro atoms. The molecule has 0 N–H and O–H groups in total. The fourth-order valence-electron chi connectivity index (χ4n) is 0.565. The van der Waals surface area contributed by atoms with Crippen LogP contribution in [0.5, 0.6) is 0 Å². The van der Waals surface area contributed by atoms with Gasteiger partial charge in [0.1, 0.15) is 23.1 Å². The summed E-state index contributed by atoms with van der Waals surface area (Å²) in [6.07, 6.45) is -23.9. The van der Waals surface area contributed by atoms with Gasteiger partial charge in [0, 0.05) is 0 Å². The third kappa shape index (κ3) is 13.1. The van der Waals surface area contributed by atoms with E-state index in [1.165, 1.54) is 0 Å². The molecular formula is C10H2F12O4Pd. The summed E-state index contributed by atoms with van der Waals surface area (Å²) in [6, 6.07) is 0. The van der Waals surface area contributed by atoms with Crippen LogP contribution in [0, 0.1) is 12.8 Å². The number of rotatable bonds is 4. The smallest absolute Gasteiger partial charge is 0.324 e. The van der Waals surface area contributed by atoms with Crippen LogP contribution in [-0.4, -0.2) is 47.8 Å². The predicted molar refractivity (Wildman–Crippen MR) is 52.8 cm³/mol. The van der Waals surface area contributed by atoms with Crippen LogP contribution in [0.2, 0.25) is 0 Å². The minimum absolute atomic E-state index is 0. The predicted octanol–water partition coefficient (Wildman–Crippen LogP) is 2.90. The second kappa shape index (κ2) is 9.97. The fourth-order valence-corrected chi connectivity index (χ4v) is 0.565. The Morgan fingerprint density at radius 1 is 0.407 bits per heavy atom. The minimum atomic E-state index is -5.46. The third-order valence-corrected chi connectivity index (χ3v) is 1.64. The van der Waals surface area contributed by atoms with Crippen LogP contribution in [-0.2, 0) is 39.6 Å². The monoisotopic (exact) mass is 520 g/mol. The van der Waals surface area contributed by atoms with Gasteiger partial charge < -0.3 is 19.2 Å². The van der Waals surface area contributed by atoms with Crippen molar-refractivity contribution >= 4 is 23.1 Å². The Bertz CT molecular complexity index is 456. The molecule has 0 radical (unpaired) electrons. The van der Waals surface area contributed by atoms with Crippen LogP contribution >= 0.6 is 0 Å². The van der Waals surface area contributed by atoms with E-state index in [4.69, 9.17) is 0 Å². The maximum absolute atomic E-state index is 11.3. The molecule has 160 valence electrons. The zero-order chi connectivity index (χ0) is 21.7. The first-order valence-electron chi connectivity index (χ1n) is 5.24.